The number of H-pyrrole nitrogens is 1. The fraction of sp³-hybridized carbons (Fsp3) is 0.214. The monoisotopic (exact) mass is 263 g/mol. The van der Waals surface area contributed by atoms with Crippen LogP contribution in [0.5, 0.6) is 0 Å². The van der Waals surface area contributed by atoms with Crippen LogP contribution in [0.15, 0.2) is 30.3 Å². The number of hydrogen-bond donors (Lipinski definition) is 1. The molecule has 0 saturated carbocycles. The normalized spacial score (nSPS) is 10.4. The molecule has 2 rings (SSSR count). The smallest absolute Gasteiger partial charge is 0.341 e. The minimum Gasteiger partial charge on any atom is -0.462 e. The number of carbonyl (C=O) groups excluding carboxylic acids is 1. The number of aromatic nitrogens is 1. The van der Waals surface area contributed by atoms with Crippen molar-refractivity contribution in [1.82, 2.24) is 4.98 Å². The first-order valence-corrected chi connectivity index (χ1v) is 6.13. The third-order valence-electron chi connectivity index (χ3n) is 2.70. The highest BCUT2D eigenvalue weighted by Crippen LogP contribution is 2.27. The summed E-state index contributed by atoms with van der Waals surface area (Å²) in [6, 6.07) is 9.62. The summed E-state index contributed by atoms with van der Waals surface area (Å²) < 4.78 is 4.94. The predicted octanol–water partition coefficient (Wildman–Crippen LogP) is 3.82. The average molecular weight is 264 g/mol. The Morgan fingerprint density at radius 2 is 2.11 bits per heavy atom. The highest BCUT2D eigenvalue weighted by molar-refractivity contribution is 6.32. The molecule has 0 aliphatic rings. The molecule has 1 heterocycles. The molecule has 0 saturated heterocycles. The van der Waals surface area contributed by atoms with Crippen LogP contribution in [0, 0.1) is 6.92 Å². The van der Waals surface area contributed by atoms with Gasteiger partial charge in [0.15, 0.2) is 0 Å². The number of rotatable bonds is 3. The highest BCUT2D eigenvalue weighted by atomic mass is 35.5. The van der Waals surface area contributed by atoms with Gasteiger partial charge >= 0.3 is 5.97 Å². The Labute approximate surface area is 111 Å². The summed E-state index contributed by atoms with van der Waals surface area (Å²) in [6.45, 7) is 4.11. The van der Waals surface area contributed by atoms with Gasteiger partial charge in [0.25, 0.3) is 0 Å². The van der Waals surface area contributed by atoms with E-state index in [0.29, 0.717) is 17.3 Å². The van der Waals surface area contributed by atoms with Crippen molar-refractivity contribution in [3.63, 3.8) is 0 Å². The molecule has 18 heavy (non-hydrogen) atoms. The Morgan fingerprint density at radius 3 is 2.78 bits per heavy atom. The summed E-state index contributed by atoms with van der Waals surface area (Å²) in [4.78, 5) is 14.7. The Kier molecular flexibility index (Phi) is 3.72. The van der Waals surface area contributed by atoms with Crippen LogP contribution in [-0.4, -0.2) is 17.6 Å². The quantitative estimate of drug-likeness (QED) is 0.856. The van der Waals surface area contributed by atoms with Crippen LogP contribution in [0.2, 0.25) is 5.15 Å². The molecule has 1 N–H and O–H groups in total. The Balaban J connectivity index is 2.41. The second-order valence-corrected chi connectivity index (χ2v) is 4.32. The second kappa shape index (κ2) is 5.27. The van der Waals surface area contributed by atoms with E-state index in [1.807, 2.05) is 31.2 Å². The first-order valence-electron chi connectivity index (χ1n) is 5.75. The van der Waals surface area contributed by atoms with Crippen molar-refractivity contribution in [3.8, 4) is 11.3 Å². The number of halogens is 1. The average Bonchev–Trinajstić information content (AvgIpc) is 2.72. The molecule has 0 amide bonds. The molecule has 0 atom stereocenters. The number of benzene rings is 1. The van der Waals surface area contributed by atoms with E-state index in [-0.39, 0.29) is 0 Å². The van der Waals surface area contributed by atoms with Gasteiger partial charge in [0.1, 0.15) is 5.15 Å². The van der Waals surface area contributed by atoms with Crippen LogP contribution < -0.4 is 0 Å². The van der Waals surface area contributed by atoms with Gasteiger partial charge in [-0.25, -0.2) is 4.79 Å². The van der Waals surface area contributed by atoms with Crippen molar-refractivity contribution in [3.05, 3.63) is 46.6 Å². The number of ether oxygens (including phenoxy) is 1. The Morgan fingerprint density at radius 1 is 1.39 bits per heavy atom. The van der Waals surface area contributed by atoms with E-state index in [9.17, 15) is 4.79 Å². The van der Waals surface area contributed by atoms with Crippen LogP contribution in [-0.2, 0) is 4.74 Å². The molecule has 0 unspecified atom stereocenters. The number of hydrogen-bond acceptors (Lipinski definition) is 2. The molecule has 1 aromatic heterocycles. The van der Waals surface area contributed by atoms with E-state index < -0.39 is 5.97 Å². The van der Waals surface area contributed by atoms with Crippen molar-refractivity contribution in [1.29, 1.82) is 0 Å². The van der Waals surface area contributed by atoms with Crippen molar-refractivity contribution in [2.45, 2.75) is 13.8 Å². The SMILES string of the molecule is CCOC(=O)c1cc(-c2ccccc2C)[nH]c1Cl. The Bertz CT molecular complexity index is 575. The lowest BCUT2D eigenvalue weighted by molar-refractivity contribution is 0.0527. The first kappa shape index (κ1) is 12.7. The van der Waals surface area contributed by atoms with Crippen molar-refractivity contribution in [2.75, 3.05) is 6.61 Å². The van der Waals surface area contributed by atoms with Crippen molar-refractivity contribution < 1.29 is 9.53 Å². The van der Waals surface area contributed by atoms with Gasteiger partial charge in [-0.1, -0.05) is 35.9 Å². The van der Waals surface area contributed by atoms with Gasteiger partial charge in [0.2, 0.25) is 0 Å². The van der Waals surface area contributed by atoms with Gasteiger partial charge in [0, 0.05) is 11.3 Å². The molecular formula is C14H14ClNO2. The third-order valence-corrected chi connectivity index (χ3v) is 3.00. The third kappa shape index (κ3) is 2.41. The number of aromatic amines is 1. The summed E-state index contributed by atoms with van der Waals surface area (Å²) >= 11 is 6.02. The summed E-state index contributed by atoms with van der Waals surface area (Å²) in [6.07, 6.45) is 0. The molecule has 1 aromatic carbocycles. The summed E-state index contributed by atoms with van der Waals surface area (Å²) in [5.74, 6) is -0.404. The minimum atomic E-state index is -0.404. The number of esters is 1. The fourth-order valence-electron chi connectivity index (χ4n) is 1.81. The number of aryl methyl sites for hydroxylation is 1. The molecule has 0 radical (unpaired) electrons. The molecule has 0 bridgehead atoms. The van der Waals surface area contributed by atoms with E-state index in [1.54, 1.807) is 13.0 Å². The predicted molar refractivity (Wildman–Crippen MR) is 71.9 cm³/mol. The maximum absolute atomic E-state index is 11.7. The number of carbonyl (C=O) groups is 1. The van der Waals surface area contributed by atoms with E-state index in [2.05, 4.69) is 4.98 Å². The zero-order chi connectivity index (χ0) is 13.1. The van der Waals surface area contributed by atoms with E-state index in [1.165, 1.54) is 0 Å². The van der Waals surface area contributed by atoms with E-state index in [4.69, 9.17) is 16.3 Å². The molecular weight excluding hydrogens is 250 g/mol. The fourth-order valence-corrected chi connectivity index (χ4v) is 2.04. The summed E-state index contributed by atoms with van der Waals surface area (Å²) in [5, 5.41) is 0.312. The maximum Gasteiger partial charge on any atom is 0.341 e. The molecule has 0 spiro atoms. The standard InChI is InChI=1S/C14H14ClNO2/c1-3-18-14(17)11-8-12(16-13(11)15)10-7-5-4-6-9(10)2/h4-8,16H,3H2,1-2H3. The Hall–Kier alpha value is -1.74. The van der Waals surface area contributed by atoms with Gasteiger partial charge < -0.3 is 9.72 Å². The summed E-state index contributed by atoms with van der Waals surface area (Å²) in [5.41, 5.74) is 3.33. The molecule has 0 aliphatic heterocycles. The molecule has 94 valence electrons. The van der Waals surface area contributed by atoms with Gasteiger partial charge in [-0.3, -0.25) is 0 Å². The largest absolute Gasteiger partial charge is 0.462 e. The van der Waals surface area contributed by atoms with Gasteiger partial charge in [-0.2, -0.15) is 0 Å². The lowest BCUT2D eigenvalue weighted by Gasteiger charge is -2.01. The molecule has 2 aromatic rings. The number of nitrogens with one attached hydrogen (secondary N) is 1. The van der Waals surface area contributed by atoms with Gasteiger partial charge in [0.05, 0.1) is 12.2 Å². The van der Waals surface area contributed by atoms with Crippen molar-refractivity contribution in [2.24, 2.45) is 0 Å². The first-order chi connectivity index (χ1) is 8.63. The lowest BCUT2D eigenvalue weighted by atomic mass is 10.1. The van der Waals surface area contributed by atoms with Crippen LogP contribution in [0.1, 0.15) is 22.8 Å². The zero-order valence-electron chi connectivity index (χ0n) is 10.3. The van der Waals surface area contributed by atoms with E-state index in [0.717, 1.165) is 16.8 Å². The van der Waals surface area contributed by atoms with Gasteiger partial charge in [-0.15, -0.1) is 0 Å². The summed E-state index contributed by atoms with van der Waals surface area (Å²) in [7, 11) is 0. The highest BCUT2D eigenvalue weighted by Gasteiger charge is 2.16. The molecule has 0 aliphatic carbocycles. The molecule has 3 nitrogen and oxygen atoms in total. The van der Waals surface area contributed by atoms with Crippen LogP contribution in [0.3, 0.4) is 0 Å². The molecule has 4 heteroatoms. The lowest BCUT2D eigenvalue weighted by Crippen LogP contribution is -2.03. The second-order valence-electron chi connectivity index (χ2n) is 3.95. The maximum atomic E-state index is 11.7. The molecule has 0 fully saturated rings. The zero-order valence-corrected chi connectivity index (χ0v) is 11.0. The van der Waals surface area contributed by atoms with Crippen LogP contribution >= 0.6 is 11.6 Å². The van der Waals surface area contributed by atoms with Crippen molar-refractivity contribution >= 4 is 17.6 Å². The van der Waals surface area contributed by atoms with Crippen LogP contribution in [0.25, 0.3) is 11.3 Å². The van der Waals surface area contributed by atoms with Crippen LogP contribution in [0.4, 0.5) is 0 Å². The van der Waals surface area contributed by atoms with Gasteiger partial charge in [-0.05, 0) is 25.5 Å². The topological polar surface area (TPSA) is 42.1 Å². The minimum absolute atomic E-state index is 0.312. The van der Waals surface area contributed by atoms with E-state index >= 15 is 0 Å².